The molecule has 4 nitrogen and oxygen atoms in total. The fraction of sp³-hybridized carbons (Fsp3) is 0.882. The highest BCUT2D eigenvalue weighted by molar-refractivity contribution is 5.69. The van der Waals surface area contributed by atoms with E-state index in [2.05, 4.69) is 26.0 Å². The Morgan fingerprint density at radius 2 is 0.947 bits per heavy atom. The number of carbonyl (C=O) groups is 2. The second kappa shape index (κ2) is 30.2. The number of ether oxygens (including phenoxy) is 1. The van der Waals surface area contributed by atoms with E-state index in [1.54, 1.807) is 0 Å². The van der Waals surface area contributed by atoms with Crippen LogP contribution in [-0.4, -0.2) is 23.1 Å². The molecule has 0 amide bonds. The zero-order valence-electron chi connectivity index (χ0n) is 25.5. The maximum atomic E-state index is 12.5. The Labute approximate surface area is 236 Å². The third kappa shape index (κ3) is 29.2. The summed E-state index contributed by atoms with van der Waals surface area (Å²) >= 11 is 0. The number of rotatable bonds is 30. The summed E-state index contributed by atoms with van der Waals surface area (Å²) in [6, 6.07) is 0. The maximum Gasteiger partial charge on any atom is 0.306 e. The van der Waals surface area contributed by atoms with Crippen LogP contribution >= 0.6 is 0 Å². The van der Waals surface area contributed by atoms with Crippen molar-refractivity contribution in [1.29, 1.82) is 0 Å². The maximum absolute atomic E-state index is 12.5. The van der Waals surface area contributed by atoms with Gasteiger partial charge >= 0.3 is 11.9 Å². The number of unbranched alkanes of at least 4 members (excludes halogenated alkanes) is 19. The van der Waals surface area contributed by atoms with E-state index in [-0.39, 0.29) is 18.5 Å². The van der Waals surface area contributed by atoms with E-state index < -0.39 is 5.97 Å². The van der Waals surface area contributed by atoms with Gasteiger partial charge in [0.05, 0.1) is 0 Å². The molecule has 0 saturated heterocycles. The topological polar surface area (TPSA) is 63.6 Å². The second-order valence-electron chi connectivity index (χ2n) is 11.3. The number of esters is 1. The predicted octanol–water partition coefficient (Wildman–Crippen LogP) is 11.1. The summed E-state index contributed by atoms with van der Waals surface area (Å²) in [6.07, 6.45) is 35.0. The van der Waals surface area contributed by atoms with Crippen LogP contribution in [-0.2, 0) is 14.3 Å². The molecule has 0 saturated carbocycles. The average Bonchev–Trinajstić information content (AvgIpc) is 2.89. The van der Waals surface area contributed by atoms with Gasteiger partial charge in [-0.15, -0.1) is 0 Å². The molecule has 0 aromatic heterocycles. The fourth-order valence-corrected chi connectivity index (χ4v) is 5.00. The first-order valence-corrected chi connectivity index (χ1v) is 16.7. The minimum atomic E-state index is -0.712. The molecule has 0 aliphatic carbocycles. The van der Waals surface area contributed by atoms with Gasteiger partial charge in [-0.1, -0.05) is 122 Å². The molecule has 0 radical (unpaired) electrons. The van der Waals surface area contributed by atoms with Crippen molar-refractivity contribution in [2.24, 2.45) is 0 Å². The van der Waals surface area contributed by atoms with Crippen LogP contribution in [0.2, 0.25) is 0 Å². The van der Waals surface area contributed by atoms with Crippen LogP contribution < -0.4 is 0 Å². The third-order valence-electron chi connectivity index (χ3n) is 7.49. The molecule has 0 heterocycles. The van der Waals surface area contributed by atoms with E-state index in [1.807, 2.05) is 0 Å². The number of carboxylic acids is 1. The number of carbonyl (C=O) groups excluding carboxylic acids is 1. The zero-order valence-corrected chi connectivity index (χ0v) is 25.5. The summed E-state index contributed by atoms with van der Waals surface area (Å²) in [5.74, 6) is -0.732. The van der Waals surface area contributed by atoms with E-state index in [4.69, 9.17) is 9.84 Å². The number of aliphatic carboxylic acids is 1. The molecule has 0 fully saturated rings. The highest BCUT2D eigenvalue weighted by Gasteiger charge is 2.14. The van der Waals surface area contributed by atoms with Crippen LogP contribution in [0, 0.1) is 0 Å². The monoisotopic (exact) mass is 536 g/mol. The van der Waals surface area contributed by atoms with Crippen LogP contribution in [0.25, 0.3) is 0 Å². The zero-order chi connectivity index (χ0) is 27.9. The van der Waals surface area contributed by atoms with Gasteiger partial charge in [-0.25, -0.2) is 0 Å². The minimum Gasteiger partial charge on any atom is -0.481 e. The minimum absolute atomic E-state index is 0.0205. The van der Waals surface area contributed by atoms with E-state index in [9.17, 15) is 9.59 Å². The first-order valence-electron chi connectivity index (χ1n) is 16.7. The predicted molar refractivity (Wildman–Crippen MR) is 163 cm³/mol. The van der Waals surface area contributed by atoms with Crippen molar-refractivity contribution < 1.29 is 19.4 Å². The second-order valence-corrected chi connectivity index (χ2v) is 11.3. The number of allylic oxidation sites excluding steroid dienone is 2. The molecule has 0 spiro atoms. The largest absolute Gasteiger partial charge is 0.481 e. The van der Waals surface area contributed by atoms with Gasteiger partial charge in [-0.05, 0) is 64.2 Å². The molecule has 0 aromatic carbocycles. The molecule has 0 aliphatic rings. The lowest BCUT2D eigenvalue weighted by molar-refractivity contribution is -0.150. The van der Waals surface area contributed by atoms with Crippen molar-refractivity contribution in [3.05, 3.63) is 12.2 Å². The average molecular weight is 537 g/mol. The van der Waals surface area contributed by atoms with Gasteiger partial charge in [0.2, 0.25) is 0 Å². The van der Waals surface area contributed by atoms with Crippen LogP contribution in [0.15, 0.2) is 12.2 Å². The molecule has 0 aliphatic heterocycles. The third-order valence-corrected chi connectivity index (χ3v) is 7.49. The molecule has 1 N–H and O–H groups in total. The molecule has 0 aromatic rings. The van der Waals surface area contributed by atoms with Crippen LogP contribution in [0.5, 0.6) is 0 Å². The summed E-state index contributed by atoms with van der Waals surface area (Å²) in [4.78, 5) is 23.2. The van der Waals surface area contributed by atoms with E-state index in [1.165, 1.54) is 103 Å². The van der Waals surface area contributed by atoms with Crippen LogP contribution in [0.4, 0.5) is 0 Å². The molecule has 1 atom stereocenters. The van der Waals surface area contributed by atoms with Crippen LogP contribution in [0.3, 0.4) is 0 Å². The van der Waals surface area contributed by atoms with Crippen molar-refractivity contribution in [2.75, 3.05) is 0 Å². The summed E-state index contributed by atoms with van der Waals surface area (Å²) in [5.41, 5.74) is 0. The highest BCUT2D eigenvalue weighted by Crippen LogP contribution is 2.18. The Morgan fingerprint density at radius 3 is 1.45 bits per heavy atom. The van der Waals surface area contributed by atoms with Gasteiger partial charge in [0.1, 0.15) is 6.10 Å². The Bertz CT molecular complexity index is 543. The molecule has 38 heavy (non-hydrogen) atoms. The molecule has 0 bridgehead atoms. The van der Waals surface area contributed by atoms with Gasteiger partial charge < -0.3 is 9.84 Å². The fourth-order valence-electron chi connectivity index (χ4n) is 5.00. The van der Waals surface area contributed by atoms with Gasteiger partial charge in [-0.2, -0.15) is 0 Å². The number of carboxylic acid groups (broad SMARTS) is 1. The summed E-state index contributed by atoms with van der Waals surface area (Å²) < 4.78 is 5.91. The molecule has 1 unspecified atom stereocenters. The van der Waals surface area contributed by atoms with Crippen molar-refractivity contribution in [3.63, 3.8) is 0 Å². The van der Waals surface area contributed by atoms with Gasteiger partial charge in [0, 0.05) is 12.8 Å². The summed E-state index contributed by atoms with van der Waals surface area (Å²) in [7, 11) is 0. The summed E-state index contributed by atoms with van der Waals surface area (Å²) in [5, 5.41) is 8.78. The smallest absolute Gasteiger partial charge is 0.306 e. The molecule has 0 rings (SSSR count). The number of hydrogen-bond donors (Lipinski definition) is 1. The van der Waals surface area contributed by atoms with Gasteiger partial charge in [-0.3, -0.25) is 9.59 Å². The lowest BCUT2D eigenvalue weighted by Gasteiger charge is -2.18. The van der Waals surface area contributed by atoms with Crippen molar-refractivity contribution in [2.45, 2.75) is 193 Å². The van der Waals surface area contributed by atoms with E-state index in [0.29, 0.717) is 6.42 Å². The standard InChI is InChI=1S/C34H64O4/c1-3-5-7-9-11-12-13-14-15-16-17-19-21-27-31-34(37)38-32(28-24-20-18-10-8-6-4-2)29-25-22-23-26-30-33(35)36/h12-13,32H,3-11,14-31H2,1-2H3,(H,35,36)/b13-12-. The van der Waals surface area contributed by atoms with Gasteiger partial charge in [0.15, 0.2) is 0 Å². The lowest BCUT2D eigenvalue weighted by atomic mass is 10.0. The SMILES string of the molecule is CCCCCC/C=C\CCCCCCCCC(=O)OC(CCCCCCCCC)CCCCCCC(=O)O. The molecular weight excluding hydrogens is 472 g/mol. The van der Waals surface area contributed by atoms with E-state index in [0.717, 1.165) is 57.8 Å². The molecule has 224 valence electrons. The van der Waals surface area contributed by atoms with Crippen molar-refractivity contribution >= 4 is 11.9 Å². The lowest BCUT2D eigenvalue weighted by Crippen LogP contribution is -2.18. The van der Waals surface area contributed by atoms with Gasteiger partial charge in [0.25, 0.3) is 0 Å². The highest BCUT2D eigenvalue weighted by atomic mass is 16.5. The Hall–Kier alpha value is -1.32. The Kier molecular flexibility index (Phi) is 29.2. The molecular formula is C34H64O4. The van der Waals surface area contributed by atoms with E-state index >= 15 is 0 Å². The van der Waals surface area contributed by atoms with Crippen LogP contribution in [0.1, 0.15) is 187 Å². The molecule has 4 heteroatoms. The first-order chi connectivity index (χ1) is 18.6. The van der Waals surface area contributed by atoms with Crippen molar-refractivity contribution in [1.82, 2.24) is 0 Å². The Morgan fingerprint density at radius 1 is 0.553 bits per heavy atom. The summed E-state index contributed by atoms with van der Waals surface area (Å²) in [6.45, 7) is 4.51. The normalized spacial score (nSPS) is 12.3. The first kappa shape index (κ1) is 36.7. The Balaban J connectivity index is 3.94. The van der Waals surface area contributed by atoms with Crippen molar-refractivity contribution in [3.8, 4) is 0 Å². The quantitative estimate of drug-likeness (QED) is 0.0563. The number of hydrogen-bond acceptors (Lipinski definition) is 3.